The van der Waals surface area contributed by atoms with Crippen LogP contribution in [-0.2, 0) is 11.2 Å². The van der Waals surface area contributed by atoms with Gasteiger partial charge in [0.1, 0.15) is 0 Å². The van der Waals surface area contributed by atoms with Crippen molar-refractivity contribution in [2.24, 2.45) is 5.73 Å². The lowest BCUT2D eigenvalue weighted by molar-refractivity contribution is 0.0551. The van der Waals surface area contributed by atoms with Gasteiger partial charge in [0.25, 0.3) is 0 Å². The molecular weight excluding hydrogens is 226 g/mol. The number of aromatic nitrogens is 2. The summed E-state index contributed by atoms with van der Waals surface area (Å²) in [6.07, 6.45) is 6.75. The van der Waals surface area contributed by atoms with Crippen LogP contribution in [-0.4, -0.2) is 29.2 Å². The lowest BCUT2D eigenvalue weighted by Gasteiger charge is -2.12. The molecule has 110 valence electrons. The van der Waals surface area contributed by atoms with E-state index in [-0.39, 0.29) is 7.53 Å². The Bertz CT molecular complexity index is 227. The molecule has 4 heteroatoms. The molecule has 0 aliphatic carbocycles. The number of hydrogen-bond donors (Lipinski definition) is 2. The summed E-state index contributed by atoms with van der Waals surface area (Å²) < 4.78 is 5.58. The quantitative estimate of drug-likeness (QED) is 0.738. The van der Waals surface area contributed by atoms with Crippen LogP contribution in [0.3, 0.4) is 0 Å². The van der Waals surface area contributed by atoms with Gasteiger partial charge in [0.15, 0.2) is 0 Å². The van der Waals surface area contributed by atoms with E-state index in [1.807, 2.05) is 33.9 Å². The van der Waals surface area contributed by atoms with Crippen molar-refractivity contribution in [3.05, 3.63) is 18.2 Å². The smallest absolute Gasteiger partial charge is 0.0921 e. The molecule has 1 aromatic heterocycles. The predicted octanol–water partition coefficient (Wildman–Crippen LogP) is 3.39. The van der Waals surface area contributed by atoms with E-state index in [0.29, 0.717) is 6.54 Å². The van der Waals surface area contributed by atoms with Crippen molar-refractivity contribution < 1.29 is 6.16 Å². The first-order chi connectivity index (χ1) is 8.86. The van der Waals surface area contributed by atoms with E-state index in [1.54, 1.807) is 6.33 Å². The van der Waals surface area contributed by atoms with Crippen LogP contribution < -0.4 is 5.73 Å². The third-order valence-corrected chi connectivity index (χ3v) is 2.22. The summed E-state index contributed by atoms with van der Waals surface area (Å²) in [6, 6.07) is 0. The fourth-order valence-corrected chi connectivity index (χ4v) is 1.29. The van der Waals surface area contributed by atoms with Crippen LogP contribution in [0.1, 0.15) is 54.6 Å². The lowest BCUT2D eigenvalue weighted by atomic mass is 10.2. The van der Waals surface area contributed by atoms with Gasteiger partial charge in [-0.25, -0.2) is 4.98 Å². The zero-order valence-corrected chi connectivity index (χ0v) is 12.7. The van der Waals surface area contributed by atoms with E-state index in [1.165, 1.54) is 0 Å². The molecular formula is C14H33N3O. The van der Waals surface area contributed by atoms with Crippen LogP contribution in [0.25, 0.3) is 0 Å². The zero-order chi connectivity index (χ0) is 14.2. The first-order valence-corrected chi connectivity index (χ1v) is 7.15. The van der Waals surface area contributed by atoms with Crippen molar-refractivity contribution in [3.63, 3.8) is 0 Å². The summed E-state index contributed by atoms with van der Waals surface area (Å²) in [7, 11) is 0. The van der Waals surface area contributed by atoms with Gasteiger partial charge in [-0.05, 0) is 19.3 Å². The third kappa shape index (κ3) is 10.3. The van der Waals surface area contributed by atoms with Gasteiger partial charge in [0, 0.05) is 26.5 Å². The largest absolute Gasteiger partial charge is 0.377 e. The van der Waals surface area contributed by atoms with Crippen molar-refractivity contribution in [2.45, 2.75) is 60.0 Å². The van der Waals surface area contributed by atoms with E-state index in [2.05, 4.69) is 16.9 Å². The lowest BCUT2D eigenvalue weighted by Crippen LogP contribution is -2.23. The van der Waals surface area contributed by atoms with Crippen molar-refractivity contribution in [1.29, 1.82) is 0 Å². The number of rotatable bonds is 7. The van der Waals surface area contributed by atoms with Gasteiger partial charge in [-0.3, -0.25) is 0 Å². The molecule has 4 nitrogen and oxygen atoms in total. The maximum Gasteiger partial charge on any atom is 0.0921 e. The number of H-pyrrole nitrogens is 1. The predicted molar refractivity (Wildman–Crippen MR) is 80.8 cm³/mol. The molecule has 3 N–H and O–H groups in total. The Hall–Kier alpha value is -0.870. The highest BCUT2D eigenvalue weighted by Gasteiger charge is 2.02. The van der Waals surface area contributed by atoms with Crippen LogP contribution in [0.2, 0.25) is 0 Å². The molecule has 0 radical (unpaired) electrons. The topological polar surface area (TPSA) is 63.9 Å². The van der Waals surface area contributed by atoms with Gasteiger partial charge < -0.3 is 15.5 Å². The van der Waals surface area contributed by atoms with E-state index >= 15 is 0 Å². The minimum atomic E-state index is 0. The van der Waals surface area contributed by atoms with Crippen LogP contribution >= 0.6 is 0 Å². The standard InChI is InChI=1S/C10H19N3O.2C2H6.H2/c1-2-10(6-11)14-5-3-4-9-7-12-8-13-9;2*1-2;/h7-8,10H,2-6,11H2,1H3,(H,12,13);2*1-2H3;1H. The third-order valence-electron chi connectivity index (χ3n) is 2.22. The van der Waals surface area contributed by atoms with Crippen LogP contribution in [0, 0.1) is 0 Å². The minimum Gasteiger partial charge on any atom is -0.377 e. The molecule has 0 spiro atoms. The molecule has 0 saturated heterocycles. The van der Waals surface area contributed by atoms with Crippen LogP contribution in [0.15, 0.2) is 12.5 Å². The first kappa shape index (κ1) is 19.5. The van der Waals surface area contributed by atoms with Crippen molar-refractivity contribution in [1.82, 2.24) is 9.97 Å². The Kier molecular flexibility index (Phi) is 17.4. The van der Waals surface area contributed by atoms with E-state index in [4.69, 9.17) is 10.5 Å². The normalized spacial score (nSPS) is 10.8. The summed E-state index contributed by atoms with van der Waals surface area (Å²) in [5, 5.41) is 0. The highest BCUT2D eigenvalue weighted by molar-refractivity contribution is 4.93. The fraction of sp³-hybridized carbons (Fsp3) is 0.786. The summed E-state index contributed by atoms with van der Waals surface area (Å²) in [4.78, 5) is 7.01. The van der Waals surface area contributed by atoms with E-state index in [0.717, 1.165) is 31.6 Å². The molecule has 0 aromatic carbocycles. The maximum atomic E-state index is 5.58. The number of nitrogens with zero attached hydrogens (tertiary/aromatic N) is 1. The number of nitrogens with one attached hydrogen (secondary N) is 1. The number of nitrogens with two attached hydrogens (primary N) is 1. The second kappa shape index (κ2) is 16.1. The molecule has 0 aliphatic heterocycles. The van der Waals surface area contributed by atoms with Crippen molar-refractivity contribution in [3.8, 4) is 0 Å². The maximum absolute atomic E-state index is 5.58. The van der Waals surface area contributed by atoms with Gasteiger partial charge in [0.2, 0.25) is 0 Å². The minimum absolute atomic E-state index is 0. The zero-order valence-electron chi connectivity index (χ0n) is 12.7. The SMILES string of the molecule is CC.CC.CCC(CN)OCCCc1cnc[nH]1.[HH]. The molecule has 0 fully saturated rings. The molecule has 1 heterocycles. The summed E-state index contributed by atoms with van der Waals surface area (Å²) in [5.74, 6) is 0. The number of aryl methyl sites for hydroxylation is 1. The van der Waals surface area contributed by atoms with Gasteiger partial charge in [-0.1, -0.05) is 34.6 Å². The highest BCUT2D eigenvalue weighted by Crippen LogP contribution is 2.00. The fourth-order valence-electron chi connectivity index (χ4n) is 1.29. The summed E-state index contributed by atoms with van der Waals surface area (Å²) in [5.41, 5.74) is 6.68. The average molecular weight is 259 g/mol. The Morgan fingerprint density at radius 2 is 2.06 bits per heavy atom. The van der Waals surface area contributed by atoms with Gasteiger partial charge in [-0.2, -0.15) is 0 Å². The number of imidazole rings is 1. The Morgan fingerprint density at radius 3 is 2.50 bits per heavy atom. The molecule has 0 bridgehead atoms. The number of aromatic amines is 1. The van der Waals surface area contributed by atoms with Gasteiger partial charge in [0.05, 0.1) is 12.4 Å². The monoisotopic (exact) mass is 259 g/mol. The summed E-state index contributed by atoms with van der Waals surface area (Å²) in [6.45, 7) is 11.5. The molecule has 1 rings (SSSR count). The highest BCUT2D eigenvalue weighted by atomic mass is 16.5. The second-order valence-corrected chi connectivity index (χ2v) is 3.32. The molecule has 0 saturated carbocycles. The van der Waals surface area contributed by atoms with E-state index in [9.17, 15) is 0 Å². The summed E-state index contributed by atoms with van der Waals surface area (Å²) >= 11 is 0. The molecule has 1 aromatic rings. The number of ether oxygens (including phenoxy) is 1. The Morgan fingerprint density at radius 1 is 1.39 bits per heavy atom. The first-order valence-electron chi connectivity index (χ1n) is 7.15. The molecule has 0 aliphatic rings. The van der Waals surface area contributed by atoms with Gasteiger partial charge in [-0.15, -0.1) is 0 Å². The van der Waals surface area contributed by atoms with Crippen LogP contribution in [0.5, 0.6) is 0 Å². The Balaban J connectivity index is -0.000000467. The molecule has 0 amide bonds. The molecule has 1 atom stereocenters. The van der Waals surface area contributed by atoms with Crippen molar-refractivity contribution >= 4 is 0 Å². The van der Waals surface area contributed by atoms with Crippen LogP contribution in [0.4, 0.5) is 0 Å². The average Bonchev–Trinajstić information content (AvgIpc) is 2.97. The molecule has 1 unspecified atom stereocenters. The number of hydrogen-bond acceptors (Lipinski definition) is 3. The van der Waals surface area contributed by atoms with Crippen molar-refractivity contribution in [2.75, 3.05) is 13.2 Å². The molecule has 18 heavy (non-hydrogen) atoms. The van der Waals surface area contributed by atoms with E-state index < -0.39 is 0 Å². The van der Waals surface area contributed by atoms with Gasteiger partial charge >= 0.3 is 0 Å². The Labute approximate surface area is 114 Å². The second-order valence-electron chi connectivity index (χ2n) is 3.32.